The fourth-order valence-corrected chi connectivity index (χ4v) is 2.16. The Kier molecular flexibility index (Phi) is 6.65. The molecule has 1 aromatic carbocycles. The Balaban J connectivity index is 2.83. The second-order valence-corrected chi connectivity index (χ2v) is 5.20. The van der Waals surface area contributed by atoms with Crippen molar-refractivity contribution >= 4 is 33.4 Å². The summed E-state index contributed by atoms with van der Waals surface area (Å²) in [5, 5.41) is 0. The van der Waals surface area contributed by atoms with Gasteiger partial charge in [-0.3, -0.25) is 4.79 Å². The minimum Gasteiger partial charge on any atom is -0.337 e. The largest absolute Gasteiger partial charge is 0.337 e. The van der Waals surface area contributed by atoms with Crippen LogP contribution in [0.5, 0.6) is 0 Å². The Labute approximate surface area is 120 Å². The maximum Gasteiger partial charge on any atom is 0.253 e. The van der Waals surface area contributed by atoms with Gasteiger partial charge in [0.2, 0.25) is 0 Å². The molecule has 0 aromatic heterocycles. The minimum atomic E-state index is -0.371. The van der Waals surface area contributed by atoms with Gasteiger partial charge in [0.05, 0.1) is 4.47 Å². The van der Waals surface area contributed by atoms with Gasteiger partial charge >= 0.3 is 0 Å². The average Bonchev–Trinajstić information content (AvgIpc) is 2.37. The van der Waals surface area contributed by atoms with Crippen molar-refractivity contribution in [3.63, 3.8) is 0 Å². The molecule has 0 aliphatic heterocycles. The summed E-state index contributed by atoms with van der Waals surface area (Å²) in [5.74, 6) is -0.0773. The second kappa shape index (κ2) is 7.74. The molecule has 0 aliphatic carbocycles. The van der Waals surface area contributed by atoms with Gasteiger partial charge in [-0.15, -0.1) is 11.6 Å². The maximum atomic E-state index is 13.1. The SMILES string of the molecule is CCCCN(CCCl)C(=O)c1ccc(F)c(Br)c1. The minimum absolute atomic E-state index is 0.107. The number of hydrogen-bond donors (Lipinski definition) is 0. The van der Waals surface area contributed by atoms with Crippen LogP contribution in [0.2, 0.25) is 0 Å². The van der Waals surface area contributed by atoms with Crippen LogP contribution >= 0.6 is 27.5 Å². The molecule has 0 unspecified atom stereocenters. The molecule has 0 saturated carbocycles. The smallest absolute Gasteiger partial charge is 0.253 e. The van der Waals surface area contributed by atoms with E-state index in [2.05, 4.69) is 22.9 Å². The Morgan fingerprint density at radius 1 is 1.44 bits per heavy atom. The van der Waals surface area contributed by atoms with Crippen LogP contribution in [0.1, 0.15) is 30.1 Å². The Bertz CT molecular complexity index is 414. The van der Waals surface area contributed by atoms with Gasteiger partial charge in [-0.1, -0.05) is 13.3 Å². The van der Waals surface area contributed by atoms with Crippen molar-refractivity contribution in [3.8, 4) is 0 Å². The van der Waals surface area contributed by atoms with E-state index < -0.39 is 0 Å². The summed E-state index contributed by atoms with van der Waals surface area (Å²) >= 11 is 8.78. The van der Waals surface area contributed by atoms with Crippen LogP contribution in [0.3, 0.4) is 0 Å². The summed E-state index contributed by atoms with van der Waals surface area (Å²) in [4.78, 5) is 13.9. The summed E-state index contributed by atoms with van der Waals surface area (Å²) in [5.41, 5.74) is 0.476. The molecule has 0 aliphatic rings. The number of rotatable bonds is 6. The Morgan fingerprint density at radius 2 is 2.17 bits per heavy atom. The number of nitrogens with zero attached hydrogens (tertiary/aromatic N) is 1. The van der Waals surface area contributed by atoms with E-state index in [0.29, 0.717) is 29.0 Å². The van der Waals surface area contributed by atoms with Crippen molar-refractivity contribution in [2.45, 2.75) is 19.8 Å². The molecule has 0 atom stereocenters. The summed E-state index contributed by atoms with van der Waals surface area (Å²) < 4.78 is 13.4. The molecule has 0 fully saturated rings. The quantitative estimate of drug-likeness (QED) is 0.717. The summed E-state index contributed by atoms with van der Waals surface area (Å²) in [6.45, 7) is 3.25. The molecule has 0 saturated heterocycles. The molecule has 0 bridgehead atoms. The van der Waals surface area contributed by atoms with Crippen molar-refractivity contribution in [2.24, 2.45) is 0 Å². The first-order valence-corrected chi connectivity index (χ1v) is 7.23. The van der Waals surface area contributed by atoms with Gasteiger partial charge in [-0.25, -0.2) is 4.39 Å². The van der Waals surface area contributed by atoms with Gasteiger partial charge in [0.1, 0.15) is 5.82 Å². The summed E-state index contributed by atoms with van der Waals surface area (Å²) in [7, 11) is 0. The van der Waals surface area contributed by atoms with Crippen LogP contribution in [0.15, 0.2) is 22.7 Å². The van der Waals surface area contributed by atoms with Gasteiger partial charge in [0.15, 0.2) is 0 Å². The van der Waals surface area contributed by atoms with Gasteiger partial charge in [0, 0.05) is 24.5 Å². The fraction of sp³-hybridized carbons (Fsp3) is 0.462. The van der Waals surface area contributed by atoms with Crippen LogP contribution in [-0.2, 0) is 0 Å². The van der Waals surface area contributed by atoms with Crippen LogP contribution in [0, 0.1) is 5.82 Å². The predicted molar refractivity (Wildman–Crippen MR) is 75.6 cm³/mol. The zero-order chi connectivity index (χ0) is 13.5. The lowest BCUT2D eigenvalue weighted by Crippen LogP contribution is -2.33. The maximum absolute atomic E-state index is 13.1. The standard InChI is InChI=1S/C13H16BrClFNO/c1-2-3-7-17(8-6-15)13(18)10-4-5-12(16)11(14)9-10/h4-5,9H,2-3,6-8H2,1H3. The molecule has 2 nitrogen and oxygen atoms in total. The van der Waals surface area contributed by atoms with E-state index in [9.17, 15) is 9.18 Å². The number of carbonyl (C=O) groups is 1. The molecule has 0 N–H and O–H groups in total. The third-order valence-electron chi connectivity index (χ3n) is 2.59. The van der Waals surface area contributed by atoms with E-state index >= 15 is 0 Å². The number of amides is 1. The second-order valence-electron chi connectivity index (χ2n) is 3.96. The van der Waals surface area contributed by atoms with E-state index in [1.807, 2.05) is 0 Å². The highest BCUT2D eigenvalue weighted by Gasteiger charge is 2.15. The topological polar surface area (TPSA) is 20.3 Å². The van der Waals surface area contributed by atoms with Crippen LogP contribution in [0.25, 0.3) is 0 Å². The molecule has 1 rings (SSSR count). The van der Waals surface area contributed by atoms with Crippen molar-refractivity contribution in [1.29, 1.82) is 0 Å². The lowest BCUT2D eigenvalue weighted by molar-refractivity contribution is 0.0763. The third kappa shape index (κ3) is 4.25. The van der Waals surface area contributed by atoms with E-state index in [4.69, 9.17) is 11.6 Å². The zero-order valence-corrected chi connectivity index (χ0v) is 12.6. The summed E-state index contributed by atoms with van der Waals surface area (Å²) in [6.07, 6.45) is 1.95. The fourth-order valence-electron chi connectivity index (χ4n) is 1.58. The number of unbranched alkanes of at least 4 members (excludes halogenated alkanes) is 1. The number of alkyl halides is 1. The molecular formula is C13H16BrClFNO. The zero-order valence-electron chi connectivity index (χ0n) is 10.3. The van der Waals surface area contributed by atoms with E-state index in [1.165, 1.54) is 18.2 Å². The molecule has 1 aromatic rings. The lowest BCUT2D eigenvalue weighted by atomic mass is 10.2. The van der Waals surface area contributed by atoms with Gasteiger partial charge in [-0.05, 0) is 40.5 Å². The third-order valence-corrected chi connectivity index (χ3v) is 3.37. The van der Waals surface area contributed by atoms with Gasteiger partial charge < -0.3 is 4.90 Å². The Morgan fingerprint density at radius 3 is 2.72 bits per heavy atom. The number of carbonyl (C=O) groups excluding carboxylic acids is 1. The first kappa shape index (κ1) is 15.4. The molecule has 5 heteroatoms. The van der Waals surface area contributed by atoms with E-state index in [1.54, 1.807) is 4.90 Å². The van der Waals surface area contributed by atoms with Crippen molar-refractivity contribution < 1.29 is 9.18 Å². The van der Waals surface area contributed by atoms with Crippen molar-refractivity contribution in [2.75, 3.05) is 19.0 Å². The monoisotopic (exact) mass is 335 g/mol. The highest BCUT2D eigenvalue weighted by atomic mass is 79.9. The van der Waals surface area contributed by atoms with Crippen molar-refractivity contribution in [3.05, 3.63) is 34.1 Å². The Hall–Kier alpha value is -0.610. The molecule has 0 spiro atoms. The normalized spacial score (nSPS) is 10.4. The first-order valence-electron chi connectivity index (χ1n) is 5.90. The first-order chi connectivity index (χ1) is 8.60. The number of halogens is 3. The molecule has 100 valence electrons. The highest BCUT2D eigenvalue weighted by Crippen LogP contribution is 2.18. The average molecular weight is 337 g/mol. The molecular weight excluding hydrogens is 321 g/mol. The van der Waals surface area contributed by atoms with Crippen molar-refractivity contribution in [1.82, 2.24) is 4.90 Å². The highest BCUT2D eigenvalue weighted by molar-refractivity contribution is 9.10. The number of hydrogen-bond acceptors (Lipinski definition) is 1. The van der Waals surface area contributed by atoms with Crippen LogP contribution < -0.4 is 0 Å². The predicted octanol–water partition coefficient (Wildman–Crippen LogP) is 4.07. The lowest BCUT2D eigenvalue weighted by Gasteiger charge is -2.21. The number of benzene rings is 1. The molecule has 0 heterocycles. The van der Waals surface area contributed by atoms with E-state index in [-0.39, 0.29) is 11.7 Å². The van der Waals surface area contributed by atoms with Crippen LogP contribution in [-0.4, -0.2) is 29.8 Å². The molecule has 0 radical (unpaired) electrons. The van der Waals surface area contributed by atoms with E-state index in [0.717, 1.165) is 12.8 Å². The van der Waals surface area contributed by atoms with Gasteiger partial charge in [-0.2, -0.15) is 0 Å². The van der Waals surface area contributed by atoms with Gasteiger partial charge in [0.25, 0.3) is 5.91 Å². The van der Waals surface area contributed by atoms with Crippen LogP contribution in [0.4, 0.5) is 4.39 Å². The molecule has 1 amide bonds. The molecule has 18 heavy (non-hydrogen) atoms. The summed E-state index contributed by atoms with van der Waals surface area (Å²) in [6, 6.07) is 4.29.